The van der Waals surface area contributed by atoms with Gasteiger partial charge in [-0.15, -0.1) is 0 Å². The highest BCUT2D eigenvalue weighted by atomic mass is 35.5. The minimum atomic E-state index is -0.317. The summed E-state index contributed by atoms with van der Waals surface area (Å²) in [5.41, 5.74) is 1.05. The van der Waals surface area contributed by atoms with Gasteiger partial charge in [0.25, 0.3) is 5.56 Å². The van der Waals surface area contributed by atoms with Gasteiger partial charge in [0, 0.05) is 12.7 Å². The highest BCUT2D eigenvalue weighted by Crippen LogP contribution is 2.17. The summed E-state index contributed by atoms with van der Waals surface area (Å²) in [7, 11) is 1.56. The van der Waals surface area contributed by atoms with Crippen LogP contribution in [-0.4, -0.2) is 9.78 Å². The van der Waals surface area contributed by atoms with Crippen LogP contribution in [0.4, 0.5) is 5.69 Å². The van der Waals surface area contributed by atoms with Crippen LogP contribution in [0, 0.1) is 0 Å². The van der Waals surface area contributed by atoms with Crippen molar-refractivity contribution in [1.82, 2.24) is 9.78 Å². The van der Waals surface area contributed by atoms with E-state index in [0.29, 0.717) is 5.69 Å². The SMILES string of the molecule is C/C=C\C(=C/C)Nc1cnn(C)c(=O)c1Cl. The first-order chi connectivity index (χ1) is 7.60. The van der Waals surface area contributed by atoms with E-state index in [0.717, 1.165) is 5.70 Å². The third-order valence-electron chi connectivity index (χ3n) is 2.01. The molecule has 0 aliphatic heterocycles. The van der Waals surface area contributed by atoms with Gasteiger partial charge < -0.3 is 5.32 Å². The van der Waals surface area contributed by atoms with Crippen LogP contribution in [0.3, 0.4) is 0 Å². The molecule has 0 aromatic carbocycles. The largest absolute Gasteiger partial charge is 0.353 e. The lowest BCUT2D eigenvalue weighted by Gasteiger charge is -2.08. The van der Waals surface area contributed by atoms with Crippen molar-refractivity contribution in [3.05, 3.63) is 45.5 Å². The molecule has 0 saturated carbocycles. The van der Waals surface area contributed by atoms with Crippen LogP contribution in [0.15, 0.2) is 34.9 Å². The van der Waals surface area contributed by atoms with Crippen LogP contribution < -0.4 is 10.9 Å². The second kappa shape index (κ2) is 5.51. The van der Waals surface area contributed by atoms with Crippen molar-refractivity contribution in [2.24, 2.45) is 7.05 Å². The Morgan fingerprint density at radius 1 is 1.56 bits per heavy atom. The zero-order valence-corrected chi connectivity index (χ0v) is 10.2. The molecular formula is C11H14ClN3O. The third kappa shape index (κ3) is 2.73. The number of allylic oxidation sites excluding steroid dienone is 3. The number of aromatic nitrogens is 2. The van der Waals surface area contributed by atoms with E-state index in [2.05, 4.69) is 10.4 Å². The van der Waals surface area contributed by atoms with Gasteiger partial charge in [0.1, 0.15) is 5.02 Å². The maximum Gasteiger partial charge on any atom is 0.287 e. The lowest BCUT2D eigenvalue weighted by molar-refractivity contribution is 0.709. The lowest BCUT2D eigenvalue weighted by atomic mass is 10.3. The summed E-state index contributed by atoms with van der Waals surface area (Å²) in [4.78, 5) is 11.5. The maximum absolute atomic E-state index is 11.5. The monoisotopic (exact) mass is 239 g/mol. The number of anilines is 1. The van der Waals surface area contributed by atoms with Gasteiger partial charge in [-0.3, -0.25) is 4.79 Å². The summed E-state index contributed by atoms with van der Waals surface area (Å²) >= 11 is 5.91. The second-order valence-corrected chi connectivity index (χ2v) is 3.55. The minimum absolute atomic E-state index is 0.140. The van der Waals surface area contributed by atoms with E-state index >= 15 is 0 Å². The fourth-order valence-corrected chi connectivity index (χ4v) is 1.36. The summed E-state index contributed by atoms with van der Waals surface area (Å²) in [6.45, 7) is 3.81. The Morgan fingerprint density at radius 3 is 2.81 bits per heavy atom. The molecule has 0 fully saturated rings. The fraction of sp³-hybridized carbons (Fsp3) is 0.273. The molecule has 1 aromatic rings. The molecule has 0 bridgehead atoms. The molecule has 1 heterocycles. The molecule has 4 nitrogen and oxygen atoms in total. The second-order valence-electron chi connectivity index (χ2n) is 3.17. The molecule has 0 radical (unpaired) electrons. The normalized spacial score (nSPS) is 12.1. The highest BCUT2D eigenvalue weighted by Gasteiger charge is 2.06. The number of nitrogens with zero attached hydrogens (tertiary/aromatic N) is 2. The quantitative estimate of drug-likeness (QED) is 0.824. The van der Waals surface area contributed by atoms with E-state index in [1.54, 1.807) is 7.05 Å². The van der Waals surface area contributed by atoms with E-state index in [1.165, 1.54) is 10.9 Å². The van der Waals surface area contributed by atoms with Gasteiger partial charge in [-0.25, -0.2) is 4.68 Å². The molecule has 0 amide bonds. The van der Waals surface area contributed by atoms with E-state index in [9.17, 15) is 4.79 Å². The third-order valence-corrected chi connectivity index (χ3v) is 2.38. The maximum atomic E-state index is 11.5. The molecular weight excluding hydrogens is 226 g/mol. The predicted molar refractivity (Wildman–Crippen MR) is 66.7 cm³/mol. The Hall–Kier alpha value is -1.55. The molecule has 0 atom stereocenters. The summed E-state index contributed by atoms with van der Waals surface area (Å²) < 4.78 is 1.19. The number of hydrogen-bond donors (Lipinski definition) is 1. The van der Waals surface area contributed by atoms with E-state index in [4.69, 9.17) is 11.6 Å². The Balaban J connectivity index is 3.08. The fourth-order valence-electron chi connectivity index (χ4n) is 1.14. The van der Waals surface area contributed by atoms with Crippen LogP contribution in [0.25, 0.3) is 0 Å². The summed E-state index contributed by atoms with van der Waals surface area (Å²) in [6, 6.07) is 0. The molecule has 16 heavy (non-hydrogen) atoms. The summed E-state index contributed by atoms with van der Waals surface area (Å²) in [5.74, 6) is 0. The number of hydrogen-bond acceptors (Lipinski definition) is 3. The van der Waals surface area contributed by atoms with Crippen molar-refractivity contribution in [3.63, 3.8) is 0 Å². The van der Waals surface area contributed by atoms with Crippen molar-refractivity contribution in [1.29, 1.82) is 0 Å². The Kier molecular flexibility index (Phi) is 4.31. The Bertz CT molecular complexity index is 488. The van der Waals surface area contributed by atoms with Crippen LogP contribution in [0.5, 0.6) is 0 Å². The van der Waals surface area contributed by atoms with Crippen molar-refractivity contribution in [2.75, 3.05) is 5.32 Å². The van der Waals surface area contributed by atoms with Crippen LogP contribution in [-0.2, 0) is 7.05 Å². The molecule has 86 valence electrons. The van der Waals surface area contributed by atoms with E-state index < -0.39 is 0 Å². The van der Waals surface area contributed by atoms with Crippen LogP contribution in [0.1, 0.15) is 13.8 Å². The van der Waals surface area contributed by atoms with Gasteiger partial charge in [-0.2, -0.15) is 5.10 Å². The molecule has 0 aliphatic rings. The van der Waals surface area contributed by atoms with E-state index in [-0.39, 0.29) is 10.6 Å². The standard InChI is InChI=1S/C11H14ClN3O/c1-4-6-8(5-2)14-9-7-13-15(3)11(16)10(9)12/h4-7,14H,1-3H3/b6-4-,8-5+. The van der Waals surface area contributed by atoms with E-state index in [1.807, 2.05) is 32.1 Å². The average Bonchev–Trinajstić information content (AvgIpc) is 2.29. The summed E-state index contributed by atoms with van der Waals surface area (Å²) in [6.07, 6.45) is 7.18. The van der Waals surface area contributed by atoms with Crippen molar-refractivity contribution >= 4 is 17.3 Å². The highest BCUT2D eigenvalue weighted by molar-refractivity contribution is 6.33. The first kappa shape index (κ1) is 12.5. The van der Waals surface area contributed by atoms with Gasteiger partial charge >= 0.3 is 0 Å². The molecule has 1 rings (SSSR count). The van der Waals surface area contributed by atoms with Crippen molar-refractivity contribution in [3.8, 4) is 0 Å². The van der Waals surface area contributed by atoms with Crippen LogP contribution >= 0.6 is 11.6 Å². The molecule has 0 unspecified atom stereocenters. The molecule has 0 saturated heterocycles. The summed E-state index contributed by atoms with van der Waals surface area (Å²) in [5, 5.41) is 7.07. The van der Waals surface area contributed by atoms with Gasteiger partial charge in [0.2, 0.25) is 0 Å². The Morgan fingerprint density at radius 2 is 2.25 bits per heavy atom. The molecule has 0 aliphatic carbocycles. The molecule has 1 aromatic heterocycles. The first-order valence-corrected chi connectivity index (χ1v) is 5.25. The topological polar surface area (TPSA) is 46.9 Å². The Labute approximate surface area is 99.2 Å². The van der Waals surface area contributed by atoms with Crippen molar-refractivity contribution in [2.45, 2.75) is 13.8 Å². The van der Waals surface area contributed by atoms with Crippen LogP contribution in [0.2, 0.25) is 5.02 Å². The van der Waals surface area contributed by atoms with Gasteiger partial charge in [0.05, 0.1) is 11.9 Å². The van der Waals surface area contributed by atoms with Gasteiger partial charge in [0.15, 0.2) is 0 Å². The molecule has 5 heteroatoms. The number of rotatable bonds is 3. The minimum Gasteiger partial charge on any atom is -0.353 e. The number of nitrogens with one attached hydrogen (secondary N) is 1. The molecule has 1 N–H and O–H groups in total. The predicted octanol–water partition coefficient (Wildman–Crippen LogP) is 2.33. The zero-order valence-electron chi connectivity index (χ0n) is 9.49. The first-order valence-electron chi connectivity index (χ1n) is 4.88. The van der Waals surface area contributed by atoms with Gasteiger partial charge in [-0.1, -0.05) is 23.8 Å². The smallest absolute Gasteiger partial charge is 0.287 e. The number of halogens is 1. The van der Waals surface area contributed by atoms with Gasteiger partial charge in [-0.05, 0) is 19.9 Å². The average molecular weight is 240 g/mol. The zero-order chi connectivity index (χ0) is 12.1. The molecule has 0 spiro atoms. The van der Waals surface area contributed by atoms with Crippen molar-refractivity contribution < 1.29 is 0 Å². The number of aryl methyl sites for hydroxylation is 1. The lowest BCUT2D eigenvalue weighted by Crippen LogP contribution is -2.20.